The minimum absolute atomic E-state index is 0.0924. The molecule has 0 aliphatic heterocycles. The molecule has 0 bridgehead atoms. The molecule has 1 aromatic carbocycles. The highest BCUT2D eigenvalue weighted by Gasteiger charge is 2.49. The van der Waals surface area contributed by atoms with E-state index in [2.05, 4.69) is 41.5 Å². The van der Waals surface area contributed by atoms with E-state index in [1.54, 1.807) is 6.07 Å². The van der Waals surface area contributed by atoms with Gasteiger partial charge in [-0.15, -0.1) is 0 Å². The Bertz CT molecular complexity index is 658. The molecular formula is C18H21N3O2. The molecule has 1 aromatic heterocycles. The number of nitrogens with one attached hydrogen (secondary N) is 1. The quantitative estimate of drug-likeness (QED) is 0.922. The van der Waals surface area contributed by atoms with Gasteiger partial charge in [-0.25, -0.2) is 0 Å². The van der Waals surface area contributed by atoms with Gasteiger partial charge in [0.1, 0.15) is 0 Å². The number of hydrogen-bond acceptors (Lipinski definition) is 4. The van der Waals surface area contributed by atoms with Crippen LogP contribution in [0.3, 0.4) is 0 Å². The molecule has 0 spiro atoms. The molecule has 1 aliphatic carbocycles. The smallest absolute Gasteiger partial charge is 0.253 e. The lowest BCUT2D eigenvalue weighted by Gasteiger charge is -2.51. The van der Waals surface area contributed by atoms with Crippen molar-refractivity contribution in [1.82, 2.24) is 15.5 Å². The number of amides is 1. The number of benzene rings is 1. The molecule has 1 amide bonds. The fourth-order valence-corrected chi connectivity index (χ4v) is 2.85. The summed E-state index contributed by atoms with van der Waals surface area (Å²) >= 11 is 0. The van der Waals surface area contributed by atoms with Crippen molar-refractivity contribution in [3.05, 3.63) is 59.9 Å². The number of carbonyl (C=O) groups excluding carboxylic acids is 1. The summed E-state index contributed by atoms with van der Waals surface area (Å²) in [4.78, 5) is 12.2. The zero-order valence-electron chi connectivity index (χ0n) is 13.4. The molecule has 2 atom stereocenters. The SMILES string of the molecule is CC1(C)[C@@H](NC(=O)c2ccnnc2)C[C@H]1OCc1ccccc1. The lowest BCUT2D eigenvalue weighted by molar-refractivity contribution is -0.122. The van der Waals surface area contributed by atoms with Gasteiger partial charge in [0.15, 0.2) is 0 Å². The molecule has 5 nitrogen and oxygen atoms in total. The summed E-state index contributed by atoms with van der Waals surface area (Å²) in [6.07, 6.45) is 3.96. The molecule has 1 N–H and O–H groups in total. The summed E-state index contributed by atoms with van der Waals surface area (Å²) in [6, 6.07) is 11.9. The second-order valence-electron chi connectivity index (χ2n) is 6.50. The number of nitrogens with zero attached hydrogens (tertiary/aromatic N) is 2. The van der Waals surface area contributed by atoms with Crippen LogP contribution < -0.4 is 5.32 Å². The normalized spacial score (nSPS) is 22.2. The van der Waals surface area contributed by atoms with Crippen molar-refractivity contribution in [2.24, 2.45) is 5.41 Å². The standard InChI is InChI=1S/C18H21N3O2/c1-18(2)15(21-17(22)14-8-9-19-20-11-14)10-16(18)23-12-13-6-4-3-5-7-13/h3-9,11,15-16H,10,12H2,1-2H3,(H,21,22)/t15-,16+/m0/s1. The topological polar surface area (TPSA) is 64.1 Å². The molecule has 2 aromatic rings. The van der Waals surface area contributed by atoms with E-state index >= 15 is 0 Å². The third kappa shape index (κ3) is 3.40. The maximum atomic E-state index is 12.2. The van der Waals surface area contributed by atoms with Crippen LogP contribution in [0.2, 0.25) is 0 Å². The van der Waals surface area contributed by atoms with Crippen molar-refractivity contribution in [3.8, 4) is 0 Å². The molecule has 3 rings (SSSR count). The molecule has 1 heterocycles. The molecule has 1 aliphatic rings. The first-order valence-corrected chi connectivity index (χ1v) is 7.80. The van der Waals surface area contributed by atoms with Gasteiger partial charge in [-0.05, 0) is 18.1 Å². The van der Waals surface area contributed by atoms with Crippen molar-refractivity contribution < 1.29 is 9.53 Å². The van der Waals surface area contributed by atoms with Crippen LogP contribution in [-0.2, 0) is 11.3 Å². The molecule has 23 heavy (non-hydrogen) atoms. The van der Waals surface area contributed by atoms with Crippen LogP contribution >= 0.6 is 0 Å². The minimum Gasteiger partial charge on any atom is -0.373 e. The second kappa shape index (κ2) is 6.46. The molecule has 0 saturated heterocycles. The molecule has 5 heteroatoms. The Morgan fingerprint density at radius 3 is 2.70 bits per heavy atom. The van der Waals surface area contributed by atoms with Crippen LogP contribution in [0.1, 0.15) is 36.2 Å². The number of aromatic nitrogens is 2. The number of hydrogen-bond donors (Lipinski definition) is 1. The summed E-state index contributed by atoms with van der Waals surface area (Å²) in [6.45, 7) is 4.85. The minimum atomic E-state index is -0.112. The van der Waals surface area contributed by atoms with Gasteiger partial charge in [-0.2, -0.15) is 10.2 Å². The maximum Gasteiger partial charge on any atom is 0.253 e. The third-order valence-corrected chi connectivity index (χ3v) is 4.62. The number of ether oxygens (including phenoxy) is 1. The van der Waals surface area contributed by atoms with E-state index in [1.165, 1.54) is 18.0 Å². The fraction of sp³-hybridized carbons (Fsp3) is 0.389. The van der Waals surface area contributed by atoms with Crippen LogP contribution in [0.25, 0.3) is 0 Å². The number of rotatable bonds is 5. The monoisotopic (exact) mass is 311 g/mol. The van der Waals surface area contributed by atoms with Crippen molar-refractivity contribution >= 4 is 5.91 Å². The fourth-order valence-electron chi connectivity index (χ4n) is 2.85. The molecule has 120 valence electrons. The van der Waals surface area contributed by atoms with Gasteiger partial charge >= 0.3 is 0 Å². The molecule has 0 radical (unpaired) electrons. The summed E-state index contributed by atoms with van der Waals surface area (Å²) in [7, 11) is 0. The lowest BCUT2D eigenvalue weighted by atomic mass is 9.64. The third-order valence-electron chi connectivity index (χ3n) is 4.62. The van der Waals surface area contributed by atoms with Crippen molar-refractivity contribution in [2.45, 2.75) is 39.0 Å². The summed E-state index contributed by atoms with van der Waals surface area (Å²) in [5, 5.41) is 10.5. The predicted molar refractivity (Wildman–Crippen MR) is 86.7 cm³/mol. The summed E-state index contributed by atoms with van der Waals surface area (Å²) < 4.78 is 6.02. The Hall–Kier alpha value is -2.27. The average molecular weight is 311 g/mol. The first-order chi connectivity index (χ1) is 11.1. The Morgan fingerprint density at radius 1 is 1.26 bits per heavy atom. The van der Waals surface area contributed by atoms with E-state index in [-0.39, 0.29) is 23.5 Å². The highest BCUT2D eigenvalue weighted by Crippen LogP contribution is 2.43. The van der Waals surface area contributed by atoms with Crippen LogP contribution in [-0.4, -0.2) is 28.3 Å². The molecule has 0 unspecified atom stereocenters. The molecule has 1 saturated carbocycles. The Morgan fingerprint density at radius 2 is 2.04 bits per heavy atom. The van der Waals surface area contributed by atoms with Gasteiger partial charge in [-0.3, -0.25) is 4.79 Å². The van der Waals surface area contributed by atoms with Gasteiger partial charge in [0.25, 0.3) is 5.91 Å². The van der Waals surface area contributed by atoms with Gasteiger partial charge < -0.3 is 10.1 Å². The van der Waals surface area contributed by atoms with Gasteiger partial charge in [0.2, 0.25) is 0 Å². The average Bonchev–Trinajstić information content (AvgIpc) is 2.59. The molecular weight excluding hydrogens is 290 g/mol. The predicted octanol–water partition coefficient (Wildman–Crippen LogP) is 2.59. The van der Waals surface area contributed by atoms with Crippen LogP contribution in [0, 0.1) is 5.41 Å². The molecule has 1 fully saturated rings. The zero-order valence-corrected chi connectivity index (χ0v) is 13.4. The Labute approximate surface area is 136 Å². The van der Waals surface area contributed by atoms with Crippen molar-refractivity contribution in [2.75, 3.05) is 0 Å². The van der Waals surface area contributed by atoms with E-state index < -0.39 is 0 Å². The van der Waals surface area contributed by atoms with E-state index in [1.807, 2.05) is 18.2 Å². The van der Waals surface area contributed by atoms with E-state index in [0.717, 1.165) is 6.42 Å². The zero-order chi connectivity index (χ0) is 16.3. The van der Waals surface area contributed by atoms with Gasteiger partial charge in [0, 0.05) is 11.5 Å². The van der Waals surface area contributed by atoms with Crippen LogP contribution in [0.5, 0.6) is 0 Å². The van der Waals surface area contributed by atoms with E-state index in [9.17, 15) is 4.79 Å². The largest absolute Gasteiger partial charge is 0.373 e. The van der Waals surface area contributed by atoms with Crippen molar-refractivity contribution in [1.29, 1.82) is 0 Å². The van der Waals surface area contributed by atoms with E-state index in [0.29, 0.717) is 12.2 Å². The Kier molecular flexibility index (Phi) is 4.39. The number of carbonyl (C=O) groups is 1. The Balaban J connectivity index is 1.53. The summed E-state index contributed by atoms with van der Waals surface area (Å²) in [5.41, 5.74) is 1.60. The highest BCUT2D eigenvalue weighted by atomic mass is 16.5. The van der Waals surface area contributed by atoms with E-state index in [4.69, 9.17) is 4.74 Å². The van der Waals surface area contributed by atoms with Crippen LogP contribution in [0.15, 0.2) is 48.8 Å². The lowest BCUT2D eigenvalue weighted by Crippen LogP contribution is -2.62. The second-order valence-corrected chi connectivity index (χ2v) is 6.50. The highest BCUT2D eigenvalue weighted by molar-refractivity contribution is 5.94. The summed E-state index contributed by atoms with van der Waals surface area (Å²) in [5.74, 6) is -0.112. The van der Waals surface area contributed by atoms with Crippen LogP contribution in [0.4, 0.5) is 0 Å². The first kappa shape index (κ1) is 15.6. The van der Waals surface area contributed by atoms with Gasteiger partial charge in [0.05, 0.1) is 30.7 Å². The first-order valence-electron chi connectivity index (χ1n) is 7.80. The maximum absolute atomic E-state index is 12.2. The van der Waals surface area contributed by atoms with Gasteiger partial charge in [-0.1, -0.05) is 44.2 Å². The van der Waals surface area contributed by atoms with Crippen molar-refractivity contribution in [3.63, 3.8) is 0 Å².